The summed E-state index contributed by atoms with van der Waals surface area (Å²) >= 11 is 0. The molecule has 0 spiro atoms. The summed E-state index contributed by atoms with van der Waals surface area (Å²) in [6.07, 6.45) is 16.4. The van der Waals surface area contributed by atoms with Crippen molar-refractivity contribution in [3.63, 3.8) is 0 Å². The molecule has 0 aromatic heterocycles. The summed E-state index contributed by atoms with van der Waals surface area (Å²) < 4.78 is 0. The fraction of sp³-hybridized carbons (Fsp3) is 0.714. The van der Waals surface area contributed by atoms with Crippen LogP contribution in [0.5, 0.6) is 0 Å². The lowest BCUT2D eigenvalue weighted by Gasteiger charge is -2.56. The van der Waals surface area contributed by atoms with Gasteiger partial charge in [0.25, 0.3) is 0 Å². The Bertz CT molecular complexity index is 676. The zero-order valence-corrected chi connectivity index (χ0v) is 20.9. The highest BCUT2D eigenvalue weighted by atomic mass is 16.3. The lowest BCUT2D eigenvalue weighted by Crippen LogP contribution is -2.61. The van der Waals surface area contributed by atoms with Crippen molar-refractivity contribution in [1.82, 2.24) is 0 Å². The van der Waals surface area contributed by atoms with E-state index in [-0.39, 0.29) is 28.6 Å². The summed E-state index contributed by atoms with van der Waals surface area (Å²) in [6, 6.07) is 0. The highest BCUT2D eigenvalue weighted by Crippen LogP contribution is 2.55. The molecule has 170 valence electrons. The molecule has 2 aliphatic carbocycles. The monoisotopic (exact) mass is 414 g/mol. The quantitative estimate of drug-likeness (QED) is 0.449. The van der Waals surface area contributed by atoms with Crippen molar-refractivity contribution in [2.45, 2.75) is 99.2 Å². The predicted octanol–water partition coefficient (Wildman–Crippen LogP) is 7.00. The number of hydrogen-bond acceptors (Lipinski definition) is 2. The first-order chi connectivity index (χ1) is 13.8. The molecule has 0 amide bonds. The fourth-order valence-corrected chi connectivity index (χ4v) is 5.78. The van der Waals surface area contributed by atoms with Crippen molar-refractivity contribution in [2.75, 3.05) is 0 Å². The summed E-state index contributed by atoms with van der Waals surface area (Å²) in [5.41, 5.74) is -0.221. The second-order valence-corrected chi connectivity index (χ2v) is 11.3. The lowest BCUT2D eigenvalue weighted by molar-refractivity contribution is -0.151. The summed E-state index contributed by atoms with van der Waals surface area (Å²) in [7, 11) is 0. The SMILES string of the molecule is CCCC(C1(O)C=C(C)C=CC1C(C)(C)CC)C1(O)C=C(C)C=CC1C(C)(C)CC. The first-order valence-corrected chi connectivity index (χ1v) is 12.0. The van der Waals surface area contributed by atoms with Crippen LogP contribution in [0.25, 0.3) is 0 Å². The van der Waals surface area contributed by atoms with E-state index in [0.29, 0.717) is 0 Å². The maximum Gasteiger partial charge on any atom is 0.0959 e. The Morgan fingerprint density at radius 3 is 1.47 bits per heavy atom. The van der Waals surface area contributed by atoms with E-state index in [1.165, 1.54) is 0 Å². The Balaban J connectivity index is 2.73. The Morgan fingerprint density at radius 1 is 0.800 bits per heavy atom. The standard InChI is InChI=1S/C28H46O2/c1-10-13-24(27(29)18-20(4)14-16-22(27)25(6,7)11-2)28(30)19-21(5)15-17-23(28)26(8,9)12-3/h14-19,22-24,29-30H,10-13H2,1-9H3. The zero-order chi connectivity index (χ0) is 23.0. The minimum Gasteiger partial charge on any atom is -0.385 e. The average molecular weight is 415 g/mol. The molecule has 0 saturated carbocycles. The van der Waals surface area contributed by atoms with E-state index >= 15 is 0 Å². The van der Waals surface area contributed by atoms with Gasteiger partial charge in [0, 0.05) is 17.8 Å². The van der Waals surface area contributed by atoms with Crippen LogP contribution in [-0.4, -0.2) is 21.4 Å². The van der Waals surface area contributed by atoms with Crippen LogP contribution in [0.1, 0.15) is 88.0 Å². The van der Waals surface area contributed by atoms with Gasteiger partial charge in [0.15, 0.2) is 0 Å². The summed E-state index contributed by atoms with van der Waals surface area (Å²) in [5.74, 6) is -0.394. The molecule has 2 heteroatoms. The third kappa shape index (κ3) is 4.41. The molecule has 2 nitrogen and oxygen atoms in total. The highest BCUT2D eigenvalue weighted by Gasteiger charge is 2.58. The van der Waals surface area contributed by atoms with E-state index in [0.717, 1.165) is 36.8 Å². The molecule has 0 aliphatic heterocycles. The molecule has 0 aromatic carbocycles. The molecule has 2 rings (SSSR count). The van der Waals surface area contributed by atoms with Gasteiger partial charge in [-0.05, 0) is 43.3 Å². The van der Waals surface area contributed by atoms with Crippen molar-refractivity contribution in [3.8, 4) is 0 Å². The molecule has 2 aliphatic rings. The maximum atomic E-state index is 12.5. The topological polar surface area (TPSA) is 40.5 Å². The van der Waals surface area contributed by atoms with Gasteiger partial charge in [-0.25, -0.2) is 0 Å². The van der Waals surface area contributed by atoms with Crippen LogP contribution in [0.2, 0.25) is 0 Å². The largest absolute Gasteiger partial charge is 0.385 e. The summed E-state index contributed by atoms with van der Waals surface area (Å²) in [6.45, 7) is 19.6. The zero-order valence-electron chi connectivity index (χ0n) is 20.9. The molecule has 0 aromatic rings. The molecule has 0 heterocycles. The summed E-state index contributed by atoms with van der Waals surface area (Å²) in [4.78, 5) is 0. The van der Waals surface area contributed by atoms with Gasteiger partial charge in [0.05, 0.1) is 11.2 Å². The van der Waals surface area contributed by atoms with Gasteiger partial charge in [-0.3, -0.25) is 0 Å². The van der Waals surface area contributed by atoms with Gasteiger partial charge in [-0.15, -0.1) is 0 Å². The normalized spacial score (nSPS) is 33.3. The van der Waals surface area contributed by atoms with Crippen molar-refractivity contribution in [1.29, 1.82) is 0 Å². The minimum atomic E-state index is -1.10. The highest BCUT2D eigenvalue weighted by molar-refractivity contribution is 5.37. The molecule has 30 heavy (non-hydrogen) atoms. The van der Waals surface area contributed by atoms with Crippen LogP contribution in [0.3, 0.4) is 0 Å². The molecule has 0 radical (unpaired) electrons. The molecule has 0 bridgehead atoms. The van der Waals surface area contributed by atoms with Gasteiger partial charge in [0.1, 0.15) is 0 Å². The fourth-order valence-electron chi connectivity index (χ4n) is 5.78. The average Bonchev–Trinajstić information content (AvgIpc) is 2.65. The molecule has 4 atom stereocenters. The Morgan fingerprint density at radius 2 is 1.17 bits per heavy atom. The van der Waals surface area contributed by atoms with Gasteiger partial charge < -0.3 is 10.2 Å². The predicted molar refractivity (Wildman–Crippen MR) is 129 cm³/mol. The molecular formula is C28H46O2. The van der Waals surface area contributed by atoms with Gasteiger partial charge in [0.2, 0.25) is 0 Å². The summed E-state index contributed by atoms with van der Waals surface area (Å²) in [5, 5.41) is 25.0. The number of allylic oxidation sites excluding steroid dienone is 4. The van der Waals surface area contributed by atoms with Crippen molar-refractivity contribution in [3.05, 3.63) is 47.6 Å². The van der Waals surface area contributed by atoms with E-state index < -0.39 is 11.2 Å². The van der Waals surface area contributed by atoms with Gasteiger partial charge in [-0.1, -0.05) is 103 Å². The van der Waals surface area contributed by atoms with Crippen LogP contribution in [0.15, 0.2) is 47.6 Å². The number of rotatable bonds is 8. The Hall–Kier alpha value is -1.12. The van der Waals surface area contributed by atoms with E-state index in [1.54, 1.807) is 0 Å². The van der Waals surface area contributed by atoms with Gasteiger partial charge >= 0.3 is 0 Å². The van der Waals surface area contributed by atoms with Crippen molar-refractivity contribution in [2.24, 2.45) is 28.6 Å². The van der Waals surface area contributed by atoms with Crippen LogP contribution in [0.4, 0.5) is 0 Å². The number of hydrogen-bond donors (Lipinski definition) is 2. The maximum absolute atomic E-state index is 12.5. The first-order valence-electron chi connectivity index (χ1n) is 12.0. The van der Waals surface area contributed by atoms with Crippen molar-refractivity contribution < 1.29 is 10.2 Å². The Kier molecular flexibility index (Phi) is 7.36. The third-order valence-corrected chi connectivity index (χ3v) is 8.22. The first kappa shape index (κ1) is 25.1. The van der Waals surface area contributed by atoms with Crippen LogP contribution in [0, 0.1) is 28.6 Å². The van der Waals surface area contributed by atoms with Gasteiger partial charge in [-0.2, -0.15) is 0 Å². The molecule has 0 fully saturated rings. The van der Waals surface area contributed by atoms with E-state index in [1.807, 2.05) is 12.2 Å². The van der Waals surface area contributed by atoms with Crippen molar-refractivity contribution >= 4 is 0 Å². The third-order valence-electron chi connectivity index (χ3n) is 8.22. The number of aliphatic hydroxyl groups is 2. The van der Waals surface area contributed by atoms with E-state index in [4.69, 9.17) is 0 Å². The molecule has 0 saturated heterocycles. The second-order valence-electron chi connectivity index (χ2n) is 11.3. The molecule has 4 unspecified atom stereocenters. The lowest BCUT2D eigenvalue weighted by atomic mass is 9.53. The second kappa shape index (κ2) is 8.79. The van der Waals surface area contributed by atoms with Crippen LogP contribution in [-0.2, 0) is 0 Å². The van der Waals surface area contributed by atoms with E-state index in [9.17, 15) is 10.2 Å². The Labute approximate surface area is 185 Å². The molecular weight excluding hydrogens is 368 g/mol. The smallest absolute Gasteiger partial charge is 0.0959 e. The molecule has 2 N–H and O–H groups in total. The van der Waals surface area contributed by atoms with E-state index in [2.05, 4.69) is 86.6 Å². The van der Waals surface area contributed by atoms with Crippen LogP contribution >= 0.6 is 0 Å². The van der Waals surface area contributed by atoms with Crippen LogP contribution < -0.4 is 0 Å². The minimum absolute atomic E-state index is 0.0516.